The summed E-state index contributed by atoms with van der Waals surface area (Å²) in [5, 5.41) is 31.5. The van der Waals surface area contributed by atoms with Crippen LogP contribution in [0.25, 0.3) is 0 Å². The Morgan fingerprint density at radius 2 is 1.75 bits per heavy atom. The zero-order valence-electron chi connectivity index (χ0n) is 15.3. The van der Waals surface area contributed by atoms with E-state index in [0.717, 1.165) is 38.5 Å². The number of fused-ring (bicyclic) bond motifs is 5. The topological polar surface area (TPSA) is 60.7 Å². The van der Waals surface area contributed by atoms with Crippen molar-refractivity contribution in [3.8, 4) is 0 Å². The first kappa shape index (κ1) is 16.8. The Morgan fingerprint density at radius 3 is 2.46 bits per heavy atom. The van der Waals surface area contributed by atoms with Crippen LogP contribution in [0.3, 0.4) is 0 Å². The van der Waals surface area contributed by atoms with Gasteiger partial charge in [0.2, 0.25) is 0 Å². The highest BCUT2D eigenvalue weighted by atomic mass is 16.3. The van der Waals surface area contributed by atoms with E-state index in [9.17, 15) is 15.3 Å². The van der Waals surface area contributed by atoms with Gasteiger partial charge in [-0.25, -0.2) is 0 Å². The predicted molar refractivity (Wildman–Crippen MR) is 94.3 cm³/mol. The molecule has 0 spiro atoms. The third-order valence-electron chi connectivity index (χ3n) is 8.45. The molecule has 3 N–H and O–H groups in total. The molecule has 0 aliphatic heterocycles. The number of aliphatic hydroxyl groups is 3. The van der Waals surface area contributed by atoms with Crippen LogP contribution in [0.1, 0.15) is 65.7 Å². The van der Waals surface area contributed by atoms with Crippen LogP contribution in [0.2, 0.25) is 0 Å². The number of hydrogen-bond donors (Lipinski definition) is 3. The molecule has 0 radical (unpaired) electrons. The van der Waals surface area contributed by atoms with Crippen LogP contribution in [-0.4, -0.2) is 33.1 Å². The highest BCUT2D eigenvalue weighted by molar-refractivity contribution is 5.39. The maximum Gasteiger partial charge on any atom is 0.0961 e. The zero-order valence-corrected chi connectivity index (χ0v) is 15.3. The summed E-state index contributed by atoms with van der Waals surface area (Å²) in [6.07, 6.45) is 10.2. The van der Waals surface area contributed by atoms with Gasteiger partial charge in [-0.3, -0.25) is 0 Å². The van der Waals surface area contributed by atoms with E-state index in [0.29, 0.717) is 18.3 Å². The molecule has 4 aliphatic carbocycles. The summed E-state index contributed by atoms with van der Waals surface area (Å²) in [6, 6.07) is 0. The van der Waals surface area contributed by atoms with Gasteiger partial charge in [-0.1, -0.05) is 37.1 Å². The lowest BCUT2D eigenvalue weighted by Crippen LogP contribution is -2.56. The van der Waals surface area contributed by atoms with Crippen molar-refractivity contribution in [3.63, 3.8) is 0 Å². The molecule has 24 heavy (non-hydrogen) atoms. The molecule has 4 rings (SSSR count). The summed E-state index contributed by atoms with van der Waals surface area (Å²) >= 11 is 0. The normalized spacial score (nSPS) is 51.8. The molecule has 0 unspecified atom stereocenters. The van der Waals surface area contributed by atoms with Crippen LogP contribution in [0.5, 0.6) is 0 Å². The van der Waals surface area contributed by atoms with E-state index in [1.807, 2.05) is 0 Å². The molecule has 3 nitrogen and oxygen atoms in total. The molecular formula is C21H32O3. The van der Waals surface area contributed by atoms with Gasteiger partial charge in [0, 0.05) is 5.41 Å². The summed E-state index contributed by atoms with van der Waals surface area (Å²) in [5.41, 5.74) is 1.91. The van der Waals surface area contributed by atoms with E-state index in [1.54, 1.807) is 6.92 Å². The Bertz CT molecular complexity index is 606. The average Bonchev–Trinajstić information content (AvgIpc) is 2.81. The molecule has 0 aromatic heterocycles. The number of hydrogen-bond acceptors (Lipinski definition) is 3. The van der Waals surface area contributed by atoms with Gasteiger partial charge in [-0.2, -0.15) is 0 Å². The Morgan fingerprint density at radius 1 is 1.04 bits per heavy atom. The first-order valence-corrected chi connectivity index (χ1v) is 9.72. The first-order valence-electron chi connectivity index (χ1n) is 9.72. The molecule has 3 fully saturated rings. The van der Waals surface area contributed by atoms with Crippen molar-refractivity contribution in [2.75, 3.05) is 0 Å². The van der Waals surface area contributed by atoms with Gasteiger partial charge in [0.05, 0.1) is 17.8 Å². The van der Waals surface area contributed by atoms with Crippen LogP contribution in [-0.2, 0) is 0 Å². The molecule has 3 heteroatoms. The molecule has 0 saturated heterocycles. The van der Waals surface area contributed by atoms with Crippen LogP contribution in [0, 0.1) is 22.7 Å². The largest absolute Gasteiger partial charge is 0.393 e. The average molecular weight is 332 g/mol. The van der Waals surface area contributed by atoms with E-state index < -0.39 is 11.7 Å². The maximum atomic E-state index is 11.2. The van der Waals surface area contributed by atoms with Gasteiger partial charge in [-0.05, 0) is 69.1 Å². The maximum absolute atomic E-state index is 11.2. The standard InChI is InChI=1S/C21H32O3/c1-13(22)21(24)11-8-18-16-5-4-14-12-15(23)6-9-19(14,2)17(16)7-10-20(18,21)3/h4-5,13,15,17-18,22-24H,6-12H2,1-3H3/t13-,15-,17+,18-,19+,20-,21-/m0/s1. The molecule has 0 amide bonds. The van der Waals surface area contributed by atoms with Gasteiger partial charge in [0.25, 0.3) is 0 Å². The molecule has 0 bridgehead atoms. The van der Waals surface area contributed by atoms with Crippen molar-refractivity contribution in [1.29, 1.82) is 0 Å². The molecule has 3 saturated carbocycles. The lowest BCUT2D eigenvalue weighted by molar-refractivity contribution is -0.148. The number of allylic oxidation sites excluding steroid dienone is 3. The fraction of sp³-hybridized carbons (Fsp3) is 0.810. The highest BCUT2D eigenvalue weighted by Crippen LogP contribution is 2.66. The fourth-order valence-electron chi connectivity index (χ4n) is 6.72. The smallest absolute Gasteiger partial charge is 0.0961 e. The van der Waals surface area contributed by atoms with E-state index in [1.165, 1.54) is 11.1 Å². The van der Waals surface area contributed by atoms with Gasteiger partial charge in [-0.15, -0.1) is 0 Å². The van der Waals surface area contributed by atoms with Crippen molar-refractivity contribution in [2.45, 2.75) is 83.5 Å². The second kappa shape index (κ2) is 5.18. The third kappa shape index (κ3) is 1.95. The molecule has 0 aromatic carbocycles. The third-order valence-corrected chi connectivity index (χ3v) is 8.45. The summed E-state index contributed by atoms with van der Waals surface area (Å²) in [6.45, 7) is 6.33. The fourth-order valence-corrected chi connectivity index (χ4v) is 6.72. The molecule has 7 atom stereocenters. The Balaban J connectivity index is 1.74. The van der Waals surface area contributed by atoms with Crippen LogP contribution in [0.4, 0.5) is 0 Å². The molecule has 0 aromatic rings. The minimum absolute atomic E-state index is 0.177. The summed E-state index contributed by atoms with van der Waals surface area (Å²) in [7, 11) is 0. The van der Waals surface area contributed by atoms with Crippen molar-refractivity contribution in [3.05, 3.63) is 23.3 Å². The minimum Gasteiger partial charge on any atom is -0.393 e. The van der Waals surface area contributed by atoms with E-state index in [-0.39, 0.29) is 16.9 Å². The predicted octanol–water partition coefficient (Wildman–Crippen LogP) is 3.34. The second-order valence-electron chi connectivity index (χ2n) is 9.37. The Kier molecular flexibility index (Phi) is 3.63. The number of aliphatic hydroxyl groups excluding tert-OH is 2. The lowest BCUT2D eigenvalue weighted by Gasteiger charge is -2.56. The zero-order chi connectivity index (χ0) is 17.3. The molecule has 0 heterocycles. The highest BCUT2D eigenvalue weighted by Gasteiger charge is 2.63. The molecular weight excluding hydrogens is 300 g/mol. The second-order valence-corrected chi connectivity index (χ2v) is 9.37. The SMILES string of the molecule is C[C@H](O)[C@@]1(O)CC[C@H]2C3=CC=C4C[C@@H](O)CC[C@@]4(C)[C@@H]3CC[C@@]21C. The van der Waals surface area contributed by atoms with E-state index in [4.69, 9.17) is 0 Å². The minimum atomic E-state index is -0.961. The lowest BCUT2D eigenvalue weighted by atomic mass is 9.49. The summed E-state index contributed by atoms with van der Waals surface area (Å²) < 4.78 is 0. The van der Waals surface area contributed by atoms with Gasteiger partial charge < -0.3 is 15.3 Å². The quantitative estimate of drug-likeness (QED) is 0.690. The van der Waals surface area contributed by atoms with Crippen molar-refractivity contribution in [1.82, 2.24) is 0 Å². The van der Waals surface area contributed by atoms with Crippen LogP contribution < -0.4 is 0 Å². The molecule has 4 aliphatic rings. The van der Waals surface area contributed by atoms with Crippen LogP contribution in [0.15, 0.2) is 23.3 Å². The van der Waals surface area contributed by atoms with Gasteiger partial charge in [0.1, 0.15) is 0 Å². The van der Waals surface area contributed by atoms with Crippen molar-refractivity contribution in [2.24, 2.45) is 22.7 Å². The van der Waals surface area contributed by atoms with Gasteiger partial charge >= 0.3 is 0 Å². The van der Waals surface area contributed by atoms with Crippen molar-refractivity contribution >= 4 is 0 Å². The Hall–Kier alpha value is -0.640. The summed E-state index contributed by atoms with van der Waals surface area (Å²) in [5.74, 6) is 0.914. The van der Waals surface area contributed by atoms with Gasteiger partial charge in [0.15, 0.2) is 0 Å². The van der Waals surface area contributed by atoms with E-state index >= 15 is 0 Å². The Labute approximate surface area is 145 Å². The monoisotopic (exact) mass is 332 g/mol. The summed E-state index contributed by atoms with van der Waals surface area (Å²) in [4.78, 5) is 0. The molecule has 134 valence electrons. The van der Waals surface area contributed by atoms with Crippen LogP contribution >= 0.6 is 0 Å². The van der Waals surface area contributed by atoms with E-state index in [2.05, 4.69) is 26.0 Å². The number of rotatable bonds is 1. The first-order chi connectivity index (χ1) is 11.2. The van der Waals surface area contributed by atoms with Crippen molar-refractivity contribution < 1.29 is 15.3 Å².